The fraction of sp³-hybridized carbons (Fsp3) is 0.750. The Kier molecular flexibility index (Phi) is 14.6. The quantitative estimate of drug-likeness (QED) is 0.167. The zero-order valence-electron chi connectivity index (χ0n) is 32.4. The topological polar surface area (TPSA) is 142 Å². The summed E-state index contributed by atoms with van der Waals surface area (Å²) in [6, 6.07) is 4.92. The Morgan fingerprint density at radius 2 is 1.45 bits per heavy atom. The van der Waals surface area contributed by atoms with Crippen LogP contribution in [0.1, 0.15) is 94.1 Å². The molecule has 11 nitrogen and oxygen atoms in total. The van der Waals surface area contributed by atoms with E-state index in [-0.39, 0.29) is 16.5 Å². The lowest BCUT2D eigenvalue weighted by Gasteiger charge is -2.40. The van der Waals surface area contributed by atoms with Crippen LogP contribution < -0.4 is 15.1 Å². The zero-order valence-corrected chi connectivity index (χ0v) is 34.4. The van der Waals surface area contributed by atoms with Crippen LogP contribution in [0.3, 0.4) is 0 Å². The van der Waals surface area contributed by atoms with Crippen LogP contribution in [0.5, 0.6) is 5.75 Å². The number of amides is 2. The van der Waals surface area contributed by atoms with Gasteiger partial charge >= 0.3 is 12.1 Å². The van der Waals surface area contributed by atoms with Gasteiger partial charge in [0.25, 0.3) is 0 Å². The van der Waals surface area contributed by atoms with E-state index < -0.39 is 70.8 Å². The van der Waals surface area contributed by atoms with Crippen molar-refractivity contribution in [1.82, 2.24) is 10.6 Å². The molecule has 5 atom stereocenters. The molecule has 3 N–H and O–H groups in total. The van der Waals surface area contributed by atoms with E-state index in [0.717, 1.165) is 24.2 Å². The first-order chi connectivity index (χ1) is 22.2. The van der Waals surface area contributed by atoms with Gasteiger partial charge in [-0.1, -0.05) is 53.7 Å². The summed E-state index contributed by atoms with van der Waals surface area (Å²) in [6.45, 7) is 28.4. The summed E-state index contributed by atoms with van der Waals surface area (Å²) >= 11 is 0. The van der Waals surface area contributed by atoms with Gasteiger partial charge in [0, 0.05) is 13.0 Å². The van der Waals surface area contributed by atoms with Crippen molar-refractivity contribution in [1.29, 1.82) is 0 Å². The monoisotopic (exact) mass is 724 g/mol. The van der Waals surface area contributed by atoms with Crippen LogP contribution in [0.2, 0.25) is 36.3 Å². The van der Waals surface area contributed by atoms with Gasteiger partial charge in [0.05, 0.1) is 12.2 Å². The molecule has 2 amide bonds. The van der Waals surface area contributed by atoms with Gasteiger partial charge in [0.1, 0.15) is 17.4 Å². The van der Waals surface area contributed by atoms with E-state index >= 15 is 0 Å². The van der Waals surface area contributed by atoms with Crippen LogP contribution in [0.4, 0.5) is 4.79 Å². The maximum absolute atomic E-state index is 14.2. The number of nitrogens with one attached hydrogen (secondary N) is 2. The number of ether oxygens (including phenoxy) is 3. The van der Waals surface area contributed by atoms with Crippen LogP contribution >= 0.6 is 0 Å². The molecule has 49 heavy (non-hydrogen) atoms. The lowest BCUT2D eigenvalue weighted by Crippen LogP contribution is -2.61. The summed E-state index contributed by atoms with van der Waals surface area (Å²) in [5.41, 5.74) is -0.0140. The van der Waals surface area contributed by atoms with Crippen molar-refractivity contribution in [2.45, 2.75) is 167 Å². The molecule has 0 aromatic heterocycles. The number of benzene rings is 1. The normalized spacial score (nSPS) is 18.9. The lowest BCUT2D eigenvalue weighted by molar-refractivity contribution is -0.194. The standard InChI is InChI=1S/C36H64N2O9Si2/c1-24(46-48(11,12)35(5,6)7)29(32(40)41)37-31(39)30(38-33(42)45-34(2,3)4)27(44-28-17-15-16-22-43-28)23-25-18-20-26(21-19-25)47-49(13,14)36(8,9)10/h18-21,24,27-30H,15-17,22-23H2,1-14H3,(H,37,39)(H,38,42)(H,40,41)/t24?,27-,28?,29?,30+/m1/s1. The third-order valence-electron chi connectivity index (χ3n) is 9.65. The molecule has 0 bridgehead atoms. The SMILES string of the molecule is CC(O[Si](C)(C)C(C)(C)C)C(NC(=O)[C@@H](NC(=O)OC(C)(C)C)[C@@H](Cc1ccc(O[Si](C)(C)C(C)(C)C)cc1)OC1CCCCO1)C(=O)O. The number of rotatable bonds is 14. The third kappa shape index (κ3) is 13.3. The second-order valence-corrected chi connectivity index (χ2v) is 26.7. The van der Waals surface area contributed by atoms with Crippen LogP contribution in [0.25, 0.3) is 0 Å². The number of hydrogen-bond donors (Lipinski definition) is 3. The van der Waals surface area contributed by atoms with Gasteiger partial charge in [-0.2, -0.15) is 0 Å². The Bertz CT molecular complexity index is 1240. The summed E-state index contributed by atoms with van der Waals surface area (Å²) < 4.78 is 30.7. The molecule has 1 heterocycles. The highest BCUT2D eigenvalue weighted by molar-refractivity contribution is 6.75. The molecule has 0 radical (unpaired) electrons. The first kappa shape index (κ1) is 42.7. The Morgan fingerprint density at radius 1 is 0.878 bits per heavy atom. The van der Waals surface area contributed by atoms with Gasteiger partial charge < -0.3 is 38.8 Å². The van der Waals surface area contributed by atoms with Crippen LogP contribution in [-0.2, 0) is 34.6 Å². The first-order valence-electron chi connectivity index (χ1n) is 17.5. The minimum Gasteiger partial charge on any atom is -0.544 e. The van der Waals surface area contributed by atoms with Gasteiger partial charge in [-0.15, -0.1) is 0 Å². The van der Waals surface area contributed by atoms with E-state index in [0.29, 0.717) is 13.0 Å². The van der Waals surface area contributed by atoms with Gasteiger partial charge in [-0.05, 0) is 101 Å². The lowest BCUT2D eigenvalue weighted by atomic mass is 10.00. The average molecular weight is 725 g/mol. The van der Waals surface area contributed by atoms with Crippen molar-refractivity contribution in [3.8, 4) is 5.75 Å². The number of carbonyl (C=O) groups excluding carboxylic acids is 2. The number of hydrogen-bond acceptors (Lipinski definition) is 8. The molecule has 0 spiro atoms. The minimum atomic E-state index is -2.39. The van der Waals surface area contributed by atoms with Crippen molar-refractivity contribution in [2.75, 3.05) is 6.61 Å². The molecule has 1 saturated heterocycles. The van der Waals surface area contributed by atoms with E-state index in [1.807, 2.05) is 37.4 Å². The van der Waals surface area contributed by atoms with E-state index in [9.17, 15) is 19.5 Å². The number of alkyl carbamates (subject to hydrolysis) is 1. The maximum Gasteiger partial charge on any atom is 0.408 e. The largest absolute Gasteiger partial charge is 0.544 e. The molecule has 13 heteroatoms. The molecular formula is C36H64N2O9Si2. The average Bonchev–Trinajstić information content (AvgIpc) is 2.93. The Hall–Kier alpha value is -2.46. The highest BCUT2D eigenvalue weighted by atomic mass is 28.4. The van der Waals surface area contributed by atoms with E-state index in [1.54, 1.807) is 27.7 Å². The van der Waals surface area contributed by atoms with Gasteiger partial charge in [-0.3, -0.25) is 4.79 Å². The van der Waals surface area contributed by atoms with Gasteiger partial charge in [0.2, 0.25) is 14.2 Å². The molecule has 1 aromatic rings. The van der Waals surface area contributed by atoms with E-state index in [4.69, 9.17) is 23.1 Å². The fourth-order valence-corrected chi connectivity index (χ4v) is 7.18. The number of carboxylic acid groups (broad SMARTS) is 1. The second kappa shape index (κ2) is 16.7. The summed E-state index contributed by atoms with van der Waals surface area (Å²) in [5, 5.41) is 15.5. The summed E-state index contributed by atoms with van der Waals surface area (Å²) in [5.74, 6) is -1.23. The number of carbonyl (C=O) groups is 3. The van der Waals surface area contributed by atoms with Gasteiger partial charge in [0.15, 0.2) is 20.6 Å². The van der Waals surface area contributed by atoms with Crippen LogP contribution in [0.15, 0.2) is 24.3 Å². The third-order valence-corrected chi connectivity index (χ3v) is 18.6. The molecule has 2 rings (SSSR count). The smallest absolute Gasteiger partial charge is 0.408 e. The molecule has 1 aliphatic rings. The van der Waals surface area contributed by atoms with Crippen LogP contribution in [0, 0.1) is 0 Å². The molecule has 1 aromatic carbocycles. The Labute approximate surface area is 296 Å². The van der Waals surface area contributed by atoms with Crippen LogP contribution in [-0.4, -0.2) is 82.5 Å². The molecule has 1 aliphatic heterocycles. The number of aliphatic carboxylic acids is 1. The summed E-state index contributed by atoms with van der Waals surface area (Å²) in [4.78, 5) is 39.9. The van der Waals surface area contributed by atoms with Crippen molar-refractivity contribution in [3.05, 3.63) is 29.8 Å². The molecule has 280 valence electrons. The molecule has 0 saturated carbocycles. The number of carboxylic acids is 1. The van der Waals surface area contributed by atoms with E-state index in [2.05, 4.69) is 65.3 Å². The maximum atomic E-state index is 14.2. The Balaban J connectivity index is 2.49. The molecule has 3 unspecified atom stereocenters. The first-order valence-corrected chi connectivity index (χ1v) is 23.3. The Morgan fingerprint density at radius 3 is 1.92 bits per heavy atom. The van der Waals surface area contributed by atoms with E-state index in [1.165, 1.54) is 0 Å². The van der Waals surface area contributed by atoms with Crippen molar-refractivity contribution in [3.63, 3.8) is 0 Å². The van der Waals surface area contributed by atoms with Crippen molar-refractivity contribution >= 4 is 34.6 Å². The zero-order chi connectivity index (χ0) is 37.6. The van der Waals surface area contributed by atoms with Crippen molar-refractivity contribution in [2.24, 2.45) is 0 Å². The van der Waals surface area contributed by atoms with Gasteiger partial charge in [-0.25, -0.2) is 9.59 Å². The van der Waals surface area contributed by atoms with Crippen molar-refractivity contribution < 1.29 is 42.6 Å². The molecule has 1 fully saturated rings. The minimum absolute atomic E-state index is 0.0273. The highest BCUT2D eigenvalue weighted by Crippen LogP contribution is 2.38. The highest BCUT2D eigenvalue weighted by Gasteiger charge is 2.43. The second-order valence-electron chi connectivity index (χ2n) is 17.2. The predicted octanol–water partition coefficient (Wildman–Crippen LogP) is 7.40. The summed E-state index contributed by atoms with van der Waals surface area (Å²) in [6.07, 6.45) is -0.613. The molecular weight excluding hydrogens is 661 g/mol. The predicted molar refractivity (Wildman–Crippen MR) is 197 cm³/mol. The summed E-state index contributed by atoms with van der Waals surface area (Å²) in [7, 11) is -4.46. The molecule has 0 aliphatic carbocycles. The fourth-order valence-electron chi connectivity index (χ4n) is 4.73.